The molecule has 0 unspecified atom stereocenters. The smallest absolute Gasteiger partial charge is 0.253 e. The number of benzene rings is 2. The second-order valence-electron chi connectivity index (χ2n) is 8.02. The number of aromatic nitrogens is 2. The fourth-order valence-corrected chi connectivity index (χ4v) is 5.28. The maximum atomic E-state index is 13.1. The molecule has 0 atom stereocenters. The molecule has 0 saturated heterocycles. The fraction of sp³-hybridized carbons (Fsp3) is 0.111. The van der Waals surface area contributed by atoms with Crippen molar-refractivity contribution in [2.75, 3.05) is 0 Å². The van der Waals surface area contributed by atoms with Gasteiger partial charge in [-0.25, -0.2) is 4.98 Å². The molecule has 0 fully saturated rings. The maximum Gasteiger partial charge on any atom is 0.253 e. The van der Waals surface area contributed by atoms with Crippen molar-refractivity contribution < 1.29 is 9.21 Å². The summed E-state index contributed by atoms with van der Waals surface area (Å²) in [5, 5.41) is 7.07. The van der Waals surface area contributed by atoms with Gasteiger partial charge >= 0.3 is 0 Å². The molecule has 176 valence electrons. The SMILES string of the molecule is Cc1c(C(=O)NCc2ccco2)cc(-c2csc(-c3ccccc3Cl)n2)n1Cc1cccc(Cl)c1. The van der Waals surface area contributed by atoms with E-state index in [1.807, 2.05) is 73.0 Å². The van der Waals surface area contributed by atoms with Gasteiger partial charge in [0.05, 0.1) is 34.8 Å². The number of hydrogen-bond donors (Lipinski definition) is 1. The van der Waals surface area contributed by atoms with Crippen LogP contribution < -0.4 is 5.32 Å². The highest BCUT2D eigenvalue weighted by atomic mass is 35.5. The number of nitrogens with one attached hydrogen (secondary N) is 1. The van der Waals surface area contributed by atoms with Gasteiger partial charge in [-0.2, -0.15) is 0 Å². The summed E-state index contributed by atoms with van der Waals surface area (Å²) < 4.78 is 7.44. The lowest BCUT2D eigenvalue weighted by molar-refractivity contribution is 0.0947. The first-order valence-electron chi connectivity index (χ1n) is 11.0. The van der Waals surface area contributed by atoms with Crippen molar-refractivity contribution >= 4 is 40.4 Å². The van der Waals surface area contributed by atoms with E-state index in [0.29, 0.717) is 34.5 Å². The van der Waals surface area contributed by atoms with E-state index in [1.54, 1.807) is 12.3 Å². The third kappa shape index (κ3) is 5.05. The average Bonchev–Trinajstić information content (AvgIpc) is 3.60. The molecule has 0 radical (unpaired) electrons. The number of hydrogen-bond acceptors (Lipinski definition) is 4. The molecule has 3 heterocycles. The quantitative estimate of drug-likeness (QED) is 0.241. The van der Waals surface area contributed by atoms with Gasteiger partial charge in [0.15, 0.2) is 0 Å². The summed E-state index contributed by atoms with van der Waals surface area (Å²) in [6, 6.07) is 20.9. The Kier molecular flexibility index (Phi) is 6.77. The van der Waals surface area contributed by atoms with Gasteiger partial charge in [-0.1, -0.05) is 53.5 Å². The fourth-order valence-electron chi connectivity index (χ4n) is 3.93. The van der Waals surface area contributed by atoms with Crippen LogP contribution >= 0.6 is 34.5 Å². The lowest BCUT2D eigenvalue weighted by Crippen LogP contribution is -2.23. The summed E-state index contributed by atoms with van der Waals surface area (Å²) in [6.07, 6.45) is 1.59. The minimum Gasteiger partial charge on any atom is -0.467 e. The first-order chi connectivity index (χ1) is 17.0. The Morgan fingerprint density at radius 3 is 2.71 bits per heavy atom. The van der Waals surface area contributed by atoms with E-state index in [0.717, 1.165) is 33.2 Å². The predicted octanol–water partition coefficient (Wildman–Crippen LogP) is 7.47. The van der Waals surface area contributed by atoms with E-state index < -0.39 is 0 Å². The van der Waals surface area contributed by atoms with E-state index in [1.165, 1.54) is 11.3 Å². The number of nitrogens with zero attached hydrogens (tertiary/aromatic N) is 2. The normalized spacial score (nSPS) is 11.1. The topological polar surface area (TPSA) is 60.1 Å². The highest BCUT2D eigenvalue weighted by Gasteiger charge is 2.21. The van der Waals surface area contributed by atoms with Crippen molar-refractivity contribution in [2.45, 2.75) is 20.0 Å². The standard InChI is InChI=1S/C27H21Cl2N3O2S/c1-17-22(26(33)30-14-20-8-5-11-34-20)13-25(32(17)15-18-6-4-7-19(28)12-18)24-16-35-27(31-24)21-9-2-3-10-23(21)29/h2-13,16H,14-15H2,1H3,(H,30,33). The molecule has 5 nitrogen and oxygen atoms in total. The summed E-state index contributed by atoms with van der Waals surface area (Å²) in [5.41, 5.74) is 4.96. The Labute approximate surface area is 217 Å². The number of carbonyl (C=O) groups excluding carboxylic acids is 1. The van der Waals surface area contributed by atoms with Crippen LogP contribution in [0.1, 0.15) is 27.4 Å². The molecule has 1 N–H and O–H groups in total. The van der Waals surface area contributed by atoms with Crippen LogP contribution in [0.5, 0.6) is 0 Å². The zero-order valence-electron chi connectivity index (χ0n) is 18.8. The molecule has 0 saturated carbocycles. The average molecular weight is 522 g/mol. The van der Waals surface area contributed by atoms with Gasteiger partial charge in [0.1, 0.15) is 10.8 Å². The first-order valence-corrected chi connectivity index (χ1v) is 12.6. The second-order valence-corrected chi connectivity index (χ2v) is 9.73. The van der Waals surface area contributed by atoms with Crippen LogP contribution in [0.15, 0.2) is 82.8 Å². The summed E-state index contributed by atoms with van der Waals surface area (Å²) >= 11 is 14.2. The Bertz CT molecular complexity index is 1490. The highest BCUT2D eigenvalue weighted by Crippen LogP contribution is 2.35. The van der Waals surface area contributed by atoms with Crippen LogP contribution in [0, 0.1) is 6.92 Å². The molecule has 35 heavy (non-hydrogen) atoms. The summed E-state index contributed by atoms with van der Waals surface area (Å²) in [5.74, 6) is 0.519. The molecule has 0 spiro atoms. The van der Waals surface area contributed by atoms with Gasteiger partial charge in [-0.3, -0.25) is 4.79 Å². The third-order valence-electron chi connectivity index (χ3n) is 5.72. The van der Waals surface area contributed by atoms with E-state index in [-0.39, 0.29) is 5.91 Å². The van der Waals surface area contributed by atoms with Crippen LogP contribution in [0.3, 0.4) is 0 Å². The second kappa shape index (κ2) is 10.1. The Balaban J connectivity index is 1.53. The van der Waals surface area contributed by atoms with Crippen molar-refractivity contribution in [1.29, 1.82) is 0 Å². The van der Waals surface area contributed by atoms with Crippen molar-refractivity contribution in [1.82, 2.24) is 14.9 Å². The molecular formula is C27H21Cl2N3O2S. The van der Waals surface area contributed by atoms with Crippen LogP contribution in [0.2, 0.25) is 10.0 Å². The molecule has 1 amide bonds. The number of halogens is 2. The van der Waals surface area contributed by atoms with E-state index in [4.69, 9.17) is 32.6 Å². The van der Waals surface area contributed by atoms with Gasteiger partial charge in [-0.15, -0.1) is 11.3 Å². The molecule has 0 bridgehead atoms. The van der Waals surface area contributed by atoms with Gasteiger partial charge in [-0.05, 0) is 48.9 Å². The van der Waals surface area contributed by atoms with Crippen molar-refractivity contribution in [3.05, 3.63) is 111 Å². The number of amides is 1. The lowest BCUT2D eigenvalue weighted by atomic mass is 10.2. The number of carbonyl (C=O) groups is 1. The summed E-state index contributed by atoms with van der Waals surface area (Å²) in [4.78, 5) is 18.0. The van der Waals surface area contributed by atoms with Crippen LogP contribution in [-0.2, 0) is 13.1 Å². The zero-order chi connectivity index (χ0) is 24.4. The molecule has 0 aliphatic heterocycles. The van der Waals surface area contributed by atoms with Crippen LogP contribution in [-0.4, -0.2) is 15.5 Å². The Hall–Kier alpha value is -3.32. The molecule has 0 aliphatic carbocycles. The van der Waals surface area contributed by atoms with Gasteiger partial charge in [0.2, 0.25) is 0 Å². The minimum atomic E-state index is -0.174. The number of rotatable bonds is 7. The Morgan fingerprint density at radius 1 is 1.09 bits per heavy atom. The van der Waals surface area contributed by atoms with E-state index >= 15 is 0 Å². The number of thiazole rings is 1. The maximum absolute atomic E-state index is 13.1. The first kappa shape index (κ1) is 23.4. The lowest BCUT2D eigenvalue weighted by Gasteiger charge is -2.12. The molecule has 8 heteroatoms. The minimum absolute atomic E-state index is 0.174. The third-order valence-corrected chi connectivity index (χ3v) is 7.16. The van der Waals surface area contributed by atoms with Crippen molar-refractivity contribution in [2.24, 2.45) is 0 Å². The summed E-state index contributed by atoms with van der Waals surface area (Å²) in [6.45, 7) is 2.80. The predicted molar refractivity (Wildman–Crippen MR) is 141 cm³/mol. The molecule has 3 aromatic heterocycles. The molecule has 5 aromatic rings. The largest absolute Gasteiger partial charge is 0.467 e. The highest BCUT2D eigenvalue weighted by molar-refractivity contribution is 7.13. The van der Waals surface area contributed by atoms with E-state index in [2.05, 4.69) is 9.88 Å². The van der Waals surface area contributed by atoms with Gasteiger partial charge in [0, 0.05) is 28.2 Å². The van der Waals surface area contributed by atoms with E-state index in [9.17, 15) is 4.79 Å². The number of furan rings is 1. The molecule has 2 aromatic carbocycles. The van der Waals surface area contributed by atoms with Crippen LogP contribution in [0.25, 0.3) is 22.0 Å². The molecule has 5 rings (SSSR count). The van der Waals surface area contributed by atoms with Crippen molar-refractivity contribution in [3.63, 3.8) is 0 Å². The summed E-state index contributed by atoms with van der Waals surface area (Å²) in [7, 11) is 0. The molecular weight excluding hydrogens is 501 g/mol. The Morgan fingerprint density at radius 2 is 1.94 bits per heavy atom. The zero-order valence-corrected chi connectivity index (χ0v) is 21.1. The van der Waals surface area contributed by atoms with Gasteiger partial charge < -0.3 is 14.3 Å². The van der Waals surface area contributed by atoms with Crippen LogP contribution in [0.4, 0.5) is 0 Å². The van der Waals surface area contributed by atoms with Crippen molar-refractivity contribution in [3.8, 4) is 22.0 Å². The monoisotopic (exact) mass is 521 g/mol. The van der Waals surface area contributed by atoms with Gasteiger partial charge in [0.25, 0.3) is 5.91 Å². The molecule has 0 aliphatic rings.